The predicted molar refractivity (Wildman–Crippen MR) is 109 cm³/mol. The zero-order valence-corrected chi connectivity index (χ0v) is 16.0. The summed E-state index contributed by atoms with van der Waals surface area (Å²) in [6.45, 7) is 4.58. The first-order valence-electron chi connectivity index (χ1n) is 8.78. The highest BCUT2D eigenvalue weighted by Crippen LogP contribution is 2.19. The average molecular weight is 368 g/mol. The van der Waals surface area contributed by atoms with Crippen molar-refractivity contribution in [1.82, 2.24) is 20.4 Å². The highest BCUT2D eigenvalue weighted by Gasteiger charge is 2.08. The van der Waals surface area contributed by atoms with Gasteiger partial charge in [-0.15, -0.1) is 11.3 Å². The normalized spacial score (nSPS) is 12.8. The van der Waals surface area contributed by atoms with Crippen molar-refractivity contribution in [2.45, 2.75) is 25.9 Å². The topological polar surface area (TPSA) is 54.2 Å². The summed E-state index contributed by atoms with van der Waals surface area (Å²) < 4.78 is 1.94. The van der Waals surface area contributed by atoms with E-state index in [2.05, 4.69) is 69.4 Å². The minimum Gasteiger partial charge on any atom is -0.356 e. The summed E-state index contributed by atoms with van der Waals surface area (Å²) in [5, 5.41) is 13.3. The number of aromatic nitrogens is 2. The van der Waals surface area contributed by atoms with Crippen molar-refractivity contribution < 1.29 is 0 Å². The Morgan fingerprint density at radius 3 is 2.69 bits per heavy atom. The molecular formula is C20H25N5S. The maximum Gasteiger partial charge on any atom is 0.191 e. The number of rotatable bonds is 7. The number of guanidine groups is 1. The summed E-state index contributed by atoms with van der Waals surface area (Å²) in [7, 11) is 1.81. The lowest BCUT2D eigenvalue weighted by Crippen LogP contribution is -2.38. The molecule has 0 amide bonds. The lowest BCUT2D eigenvalue weighted by molar-refractivity contribution is 0.675. The van der Waals surface area contributed by atoms with Gasteiger partial charge in [-0.2, -0.15) is 5.10 Å². The molecule has 0 spiro atoms. The standard InChI is InChI=1S/C20H25N5S/c1-16(19-9-5-12-26-19)13-22-20(21-2)23-14-17-7-3-4-8-18(17)15-25-11-6-10-24-25/h3-12,16H,13-15H2,1-2H3,(H2,21,22,23). The van der Waals surface area contributed by atoms with Crippen LogP contribution >= 0.6 is 11.3 Å². The maximum absolute atomic E-state index is 4.34. The minimum atomic E-state index is 0.459. The molecule has 0 radical (unpaired) electrons. The van der Waals surface area contributed by atoms with Crippen molar-refractivity contribution in [3.8, 4) is 0 Å². The Balaban J connectivity index is 1.55. The summed E-state index contributed by atoms with van der Waals surface area (Å²) in [6, 6.07) is 14.7. The van der Waals surface area contributed by atoms with Crippen LogP contribution in [0, 0.1) is 0 Å². The molecule has 6 heteroatoms. The molecule has 0 fully saturated rings. The van der Waals surface area contributed by atoms with Crippen molar-refractivity contribution in [3.05, 3.63) is 76.2 Å². The van der Waals surface area contributed by atoms with Gasteiger partial charge in [-0.25, -0.2) is 0 Å². The number of hydrogen-bond donors (Lipinski definition) is 2. The van der Waals surface area contributed by atoms with Gasteiger partial charge in [0.2, 0.25) is 0 Å². The van der Waals surface area contributed by atoms with Crippen molar-refractivity contribution in [2.24, 2.45) is 4.99 Å². The molecule has 0 aliphatic rings. The van der Waals surface area contributed by atoms with Gasteiger partial charge in [0.15, 0.2) is 5.96 Å². The van der Waals surface area contributed by atoms with Crippen LogP contribution < -0.4 is 10.6 Å². The number of hydrogen-bond acceptors (Lipinski definition) is 3. The SMILES string of the molecule is CN=C(NCc1ccccc1Cn1cccn1)NCC(C)c1cccs1. The number of aliphatic imine (C=N–C) groups is 1. The maximum atomic E-state index is 4.34. The zero-order valence-electron chi connectivity index (χ0n) is 15.2. The molecule has 136 valence electrons. The average Bonchev–Trinajstić information content (AvgIpc) is 3.37. The first-order chi connectivity index (χ1) is 12.8. The van der Waals surface area contributed by atoms with Gasteiger partial charge in [-0.3, -0.25) is 9.67 Å². The Bertz CT molecular complexity index is 809. The molecule has 2 heterocycles. The van der Waals surface area contributed by atoms with Gasteiger partial charge in [0, 0.05) is 43.3 Å². The fourth-order valence-electron chi connectivity index (χ4n) is 2.77. The lowest BCUT2D eigenvalue weighted by Gasteiger charge is -2.16. The minimum absolute atomic E-state index is 0.459. The predicted octanol–water partition coefficient (Wildman–Crippen LogP) is 3.46. The van der Waals surface area contributed by atoms with Gasteiger partial charge in [0.1, 0.15) is 0 Å². The molecule has 1 atom stereocenters. The third kappa shape index (κ3) is 4.95. The number of nitrogens with one attached hydrogen (secondary N) is 2. The van der Waals surface area contributed by atoms with Crippen LogP contribution in [0.4, 0.5) is 0 Å². The van der Waals surface area contributed by atoms with Crippen LogP contribution in [0.1, 0.15) is 28.8 Å². The Labute approximate surface area is 158 Å². The first-order valence-corrected chi connectivity index (χ1v) is 9.66. The molecule has 3 aromatic rings. The van der Waals surface area contributed by atoms with E-state index in [1.165, 1.54) is 16.0 Å². The van der Waals surface area contributed by atoms with Gasteiger partial charge in [-0.05, 0) is 28.6 Å². The second kappa shape index (κ2) is 9.20. The van der Waals surface area contributed by atoms with Gasteiger partial charge < -0.3 is 10.6 Å². The van der Waals surface area contributed by atoms with Crippen molar-refractivity contribution in [2.75, 3.05) is 13.6 Å². The summed E-state index contributed by atoms with van der Waals surface area (Å²) in [5.74, 6) is 1.28. The van der Waals surface area contributed by atoms with Crippen LogP contribution in [0.5, 0.6) is 0 Å². The molecule has 26 heavy (non-hydrogen) atoms. The molecule has 0 aliphatic heterocycles. The van der Waals surface area contributed by atoms with Gasteiger partial charge in [-0.1, -0.05) is 37.3 Å². The molecule has 5 nitrogen and oxygen atoms in total. The van der Waals surface area contributed by atoms with Crippen LogP contribution in [0.3, 0.4) is 0 Å². The zero-order chi connectivity index (χ0) is 18.2. The van der Waals surface area contributed by atoms with E-state index in [-0.39, 0.29) is 0 Å². The van der Waals surface area contributed by atoms with E-state index in [0.717, 1.165) is 25.6 Å². The molecule has 3 rings (SSSR count). The number of nitrogens with zero attached hydrogens (tertiary/aromatic N) is 3. The number of benzene rings is 1. The quantitative estimate of drug-likeness (QED) is 0.497. The molecular weight excluding hydrogens is 342 g/mol. The smallest absolute Gasteiger partial charge is 0.191 e. The third-order valence-corrected chi connectivity index (χ3v) is 5.39. The Hall–Kier alpha value is -2.60. The van der Waals surface area contributed by atoms with Crippen molar-refractivity contribution >= 4 is 17.3 Å². The van der Waals surface area contributed by atoms with Gasteiger partial charge in [0.05, 0.1) is 6.54 Å². The second-order valence-electron chi connectivity index (χ2n) is 6.20. The Morgan fingerprint density at radius 1 is 1.15 bits per heavy atom. The fraction of sp³-hybridized carbons (Fsp3) is 0.300. The molecule has 1 aromatic carbocycles. The van der Waals surface area contributed by atoms with Crippen LogP contribution in [-0.4, -0.2) is 29.3 Å². The van der Waals surface area contributed by atoms with Crippen LogP contribution in [-0.2, 0) is 13.1 Å². The third-order valence-electron chi connectivity index (χ3n) is 4.28. The molecule has 1 unspecified atom stereocenters. The second-order valence-corrected chi connectivity index (χ2v) is 7.17. The van der Waals surface area contributed by atoms with Gasteiger partial charge in [0.25, 0.3) is 0 Å². The molecule has 0 saturated carbocycles. The number of thiophene rings is 1. The molecule has 0 bridgehead atoms. The lowest BCUT2D eigenvalue weighted by atomic mass is 10.1. The Kier molecular flexibility index (Phi) is 6.44. The summed E-state index contributed by atoms with van der Waals surface area (Å²) >= 11 is 1.80. The van der Waals surface area contributed by atoms with Crippen LogP contribution in [0.2, 0.25) is 0 Å². The molecule has 0 aliphatic carbocycles. The van der Waals surface area contributed by atoms with E-state index in [1.807, 2.05) is 16.9 Å². The fourth-order valence-corrected chi connectivity index (χ4v) is 3.56. The monoisotopic (exact) mass is 367 g/mol. The van der Waals surface area contributed by atoms with E-state index < -0.39 is 0 Å². The van der Waals surface area contributed by atoms with E-state index >= 15 is 0 Å². The summed E-state index contributed by atoms with van der Waals surface area (Å²) in [5.41, 5.74) is 2.50. The highest BCUT2D eigenvalue weighted by molar-refractivity contribution is 7.10. The van der Waals surface area contributed by atoms with Crippen LogP contribution in [0.15, 0.2) is 65.2 Å². The van der Waals surface area contributed by atoms with E-state index in [9.17, 15) is 0 Å². The summed E-state index contributed by atoms with van der Waals surface area (Å²) in [4.78, 5) is 5.73. The molecule has 0 saturated heterocycles. The summed E-state index contributed by atoms with van der Waals surface area (Å²) in [6.07, 6.45) is 3.79. The molecule has 2 aromatic heterocycles. The van der Waals surface area contributed by atoms with E-state index in [4.69, 9.17) is 0 Å². The highest BCUT2D eigenvalue weighted by atomic mass is 32.1. The largest absolute Gasteiger partial charge is 0.356 e. The van der Waals surface area contributed by atoms with E-state index in [1.54, 1.807) is 24.6 Å². The van der Waals surface area contributed by atoms with Crippen molar-refractivity contribution in [3.63, 3.8) is 0 Å². The van der Waals surface area contributed by atoms with Crippen LogP contribution in [0.25, 0.3) is 0 Å². The van der Waals surface area contributed by atoms with Crippen molar-refractivity contribution in [1.29, 1.82) is 0 Å². The van der Waals surface area contributed by atoms with Gasteiger partial charge >= 0.3 is 0 Å². The first kappa shape index (κ1) is 18.2. The van der Waals surface area contributed by atoms with E-state index in [0.29, 0.717) is 5.92 Å². The Morgan fingerprint density at radius 2 is 2.00 bits per heavy atom. The molecule has 2 N–H and O–H groups in total.